The van der Waals surface area contributed by atoms with E-state index < -0.39 is 23.7 Å². The zero-order valence-electron chi connectivity index (χ0n) is 19.9. The van der Waals surface area contributed by atoms with E-state index in [0.29, 0.717) is 32.6 Å². The van der Waals surface area contributed by atoms with Crippen LogP contribution in [-0.2, 0) is 0 Å². The highest BCUT2D eigenvalue weighted by atomic mass is 19.4. The van der Waals surface area contributed by atoms with E-state index in [1.54, 1.807) is 17.9 Å². The summed E-state index contributed by atoms with van der Waals surface area (Å²) >= 11 is 0. The van der Waals surface area contributed by atoms with Gasteiger partial charge in [0.15, 0.2) is 0 Å². The van der Waals surface area contributed by atoms with Gasteiger partial charge >= 0.3 is 6.18 Å². The van der Waals surface area contributed by atoms with Crippen molar-refractivity contribution in [1.82, 2.24) is 15.5 Å². The van der Waals surface area contributed by atoms with Crippen LogP contribution >= 0.6 is 0 Å². The Bertz CT molecular complexity index is 914. The average molecular weight is 485 g/mol. The van der Waals surface area contributed by atoms with Crippen LogP contribution in [0.3, 0.4) is 0 Å². The van der Waals surface area contributed by atoms with Crippen molar-refractivity contribution in [3.8, 4) is 0 Å². The molecule has 34 heavy (non-hydrogen) atoms. The van der Waals surface area contributed by atoms with Gasteiger partial charge in [0, 0.05) is 51.1 Å². The summed E-state index contributed by atoms with van der Waals surface area (Å²) in [6.07, 6.45) is 1.09. The molecule has 0 spiro atoms. The van der Waals surface area contributed by atoms with Crippen molar-refractivity contribution in [1.29, 1.82) is 0 Å². The molecular weight excluding hydrogens is 451 g/mol. The molecule has 0 radical (unpaired) electrons. The normalized spacial score (nSPS) is 20.3. The highest BCUT2D eigenvalue weighted by Gasteiger charge is 2.43. The number of hydrogen-bond donors (Lipinski definition) is 2. The van der Waals surface area contributed by atoms with E-state index in [9.17, 15) is 22.0 Å². The molecule has 2 rings (SSSR count). The molecule has 0 unspecified atom stereocenters. The maximum absolute atomic E-state index is 14.5. The lowest BCUT2D eigenvalue weighted by Gasteiger charge is -2.36. The molecule has 1 fully saturated rings. The molecule has 2 N–H and O–H groups in total. The SMILES string of the molecule is C=CN=C1C=C(CNC(=C/C)/C(=C(\C(=C(/C)CC)C(F)(F)F)C(F)F)N2CCNCC2)C=CC1. The molecule has 0 amide bonds. The van der Waals surface area contributed by atoms with Crippen LogP contribution in [0.1, 0.15) is 33.6 Å². The van der Waals surface area contributed by atoms with Crippen molar-refractivity contribution < 1.29 is 22.0 Å². The molecule has 1 heterocycles. The predicted octanol–water partition coefficient (Wildman–Crippen LogP) is 5.66. The summed E-state index contributed by atoms with van der Waals surface area (Å²) in [5, 5.41) is 6.24. The summed E-state index contributed by atoms with van der Waals surface area (Å²) in [7, 11) is 0. The monoisotopic (exact) mass is 484 g/mol. The highest BCUT2D eigenvalue weighted by molar-refractivity contribution is 5.98. The van der Waals surface area contributed by atoms with Crippen LogP contribution in [0.2, 0.25) is 0 Å². The molecule has 188 valence electrons. The van der Waals surface area contributed by atoms with Crippen LogP contribution in [0.25, 0.3) is 0 Å². The third-order valence-electron chi connectivity index (χ3n) is 5.71. The molecule has 0 aromatic rings. The van der Waals surface area contributed by atoms with Crippen LogP contribution in [0.15, 0.2) is 75.8 Å². The molecule has 0 aromatic heterocycles. The molecular formula is C25H33F5N4. The highest BCUT2D eigenvalue weighted by Crippen LogP contribution is 2.40. The second kappa shape index (κ2) is 12.7. The number of piperazine rings is 1. The lowest BCUT2D eigenvalue weighted by molar-refractivity contribution is -0.0926. The van der Waals surface area contributed by atoms with E-state index in [1.807, 2.05) is 18.2 Å². The molecule has 1 aliphatic heterocycles. The summed E-state index contributed by atoms with van der Waals surface area (Å²) in [5.41, 5.74) is -0.559. The number of hydrogen-bond acceptors (Lipinski definition) is 4. The summed E-state index contributed by atoms with van der Waals surface area (Å²) in [4.78, 5) is 5.79. The largest absolute Gasteiger partial charge is 0.416 e. The first-order valence-corrected chi connectivity index (χ1v) is 11.3. The van der Waals surface area contributed by atoms with Gasteiger partial charge in [0.25, 0.3) is 6.43 Å². The first-order valence-electron chi connectivity index (χ1n) is 11.3. The predicted molar refractivity (Wildman–Crippen MR) is 128 cm³/mol. The number of nitrogens with zero attached hydrogens (tertiary/aromatic N) is 2. The average Bonchev–Trinajstić information content (AvgIpc) is 2.80. The Morgan fingerprint density at radius 1 is 1.29 bits per heavy atom. The van der Waals surface area contributed by atoms with Gasteiger partial charge in [-0.25, -0.2) is 8.78 Å². The molecule has 0 bridgehead atoms. The Kier molecular flexibility index (Phi) is 10.3. The topological polar surface area (TPSA) is 39.7 Å². The number of nitrogens with one attached hydrogen (secondary N) is 2. The number of rotatable bonds is 9. The van der Waals surface area contributed by atoms with Crippen LogP contribution in [0.5, 0.6) is 0 Å². The maximum atomic E-state index is 14.5. The number of aliphatic imine (C=N–C) groups is 1. The lowest BCUT2D eigenvalue weighted by Crippen LogP contribution is -2.45. The Labute approximate surface area is 198 Å². The smallest absolute Gasteiger partial charge is 0.380 e. The van der Waals surface area contributed by atoms with Gasteiger partial charge < -0.3 is 15.5 Å². The second-order valence-corrected chi connectivity index (χ2v) is 7.99. The van der Waals surface area contributed by atoms with E-state index in [-0.39, 0.29) is 29.9 Å². The minimum absolute atomic E-state index is 0.0155. The summed E-state index contributed by atoms with van der Waals surface area (Å²) in [5.74, 6) is 0. The molecule has 2 aliphatic rings. The van der Waals surface area contributed by atoms with Crippen LogP contribution in [0.4, 0.5) is 22.0 Å². The van der Waals surface area contributed by atoms with Gasteiger partial charge in [0.1, 0.15) is 0 Å². The second-order valence-electron chi connectivity index (χ2n) is 7.99. The van der Waals surface area contributed by atoms with Crippen molar-refractivity contribution in [2.45, 2.75) is 46.2 Å². The van der Waals surface area contributed by atoms with Crippen molar-refractivity contribution in [2.24, 2.45) is 4.99 Å². The number of allylic oxidation sites excluding steroid dienone is 6. The fourth-order valence-electron chi connectivity index (χ4n) is 4.00. The van der Waals surface area contributed by atoms with E-state index in [2.05, 4.69) is 22.2 Å². The van der Waals surface area contributed by atoms with Crippen molar-refractivity contribution in [3.63, 3.8) is 0 Å². The Morgan fingerprint density at radius 3 is 2.50 bits per heavy atom. The maximum Gasteiger partial charge on any atom is 0.416 e. The van der Waals surface area contributed by atoms with Gasteiger partial charge in [-0.15, -0.1) is 0 Å². The van der Waals surface area contributed by atoms with Gasteiger partial charge in [-0.2, -0.15) is 13.2 Å². The molecule has 1 aliphatic carbocycles. The molecule has 9 heteroatoms. The first kappa shape index (κ1) is 27.6. The minimum atomic E-state index is -4.91. The zero-order valence-corrected chi connectivity index (χ0v) is 19.9. The summed E-state index contributed by atoms with van der Waals surface area (Å²) in [6, 6.07) is 0. The zero-order chi connectivity index (χ0) is 25.3. The summed E-state index contributed by atoms with van der Waals surface area (Å²) in [6.45, 7) is 9.88. The molecule has 0 saturated carbocycles. The Hall–Kier alpha value is -2.68. The summed E-state index contributed by atoms with van der Waals surface area (Å²) < 4.78 is 71.3. The fraction of sp³-hybridized carbons (Fsp3) is 0.480. The first-order chi connectivity index (χ1) is 16.1. The van der Waals surface area contributed by atoms with E-state index >= 15 is 0 Å². The number of alkyl halides is 5. The van der Waals surface area contributed by atoms with E-state index in [4.69, 9.17) is 0 Å². The Balaban J connectivity index is 2.60. The molecule has 1 saturated heterocycles. The third kappa shape index (κ3) is 7.16. The quantitative estimate of drug-likeness (QED) is 0.328. The minimum Gasteiger partial charge on any atom is -0.380 e. The standard InChI is InChI=1S/C25H33F5N4/c1-5-17(4)22(25(28,29)30)21(24(26)27)23(34-13-11-31-12-14-34)20(6-2)33-16-18-9-8-10-19(15-18)32-7-3/h6-9,15,24,31,33H,3,5,10-14,16H2,1-2,4H3/b20-6+,22-17-,23-21-,32-19?. The third-order valence-corrected chi connectivity index (χ3v) is 5.71. The molecule has 4 nitrogen and oxygen atoms in total. The fourth-order valence-corrected chi connectivity index (χ4v) is 4.00. The van der Waals surface area contributed by atoms with E-state index in [0.717, 1.165) is 11.3 Å². The van der Waals surface area contributed by atoms with E-state index in [1.165, 1.54) is 20.0 Å². The molecule has 0 atom stereocenters. The number of halogens is 5. The van der Waals surface area contributed by atoms with Crippen LogP contribution < -0.4 is 10.6 Å². The lowest BCUT2D eigenvalue weighted by atomic mass is 9.94. The van der Waals surface area contributed by atoms with Gasteiger partial charge in [0.2, 0.25) is 0 Å². The molecule has 0 aromatic carbocycles. The van der Waals surface area contributed by atoms with Crippen LogP contribution in [0, 0.1) is 0 Å². The Morgan fingerprint density at radius 2 is 1.97 bits per heavy atom. The van der Waals surface area contributed by atoms with Gasteiger partial charge in [-0.05, 0) is 31.9 Å². The van der Waals surface area contributed by atoms with Crippen molar-refractivity contribution in [3.05, 3.63) is 70.8 Å². The van der Waals surface area contributed by atoms with Gasteiger partial charge in [0.05, 0.1) is 22.5 Å². The van der Waals surface area contributed by atoms with Crippen molar-refractivity contribution >= 4 is 5.71 Å². The van der Waals surface area contributed by atoms with Gasteiger partial charge in [-0.3, -0.25) is 4.99 Å². The van der Waals surface area contributed by atoms with Crippen molar-refractivity contribution in [2.75, 3.05) is 32.7 Å². The van der Waals surface area contributed by atoms with Gasteiger partial charge in [-0.1, -0.05) is 37.3 Å². The van der Waals surface area contributed by atoms with Crippen LogP contribution in [-0.4, -0.2) is 55.9 Å².